The lowest BCUT2D eigenvalue weighted by Crippen LogP contribution is -2.49. The zero-order valence-electron chi connectivity index (χ0n) is 18.7. The van der Waals surface area contributed by atoms with Crippen molar-refractivity contribution < 1.29 is 12.8 Å². The first-order valence-electron chi connectivity index (χ1n) is 10.8. The molecule has 4 rings (SSSR count). The Morgan fingerprint density at radius 1 is 0.938 bits per heavy atom. The van der Waals surface area contributed by atoms with Gasteiger partial charge in [-0.15, -0.1) is 0 Å². The third-order valence-electron chi connectivity index (χ3n) is 5.68. The molecular weight excluding hydrogens is 427 g/mol. The van der Waals surface area contributed by atoms with Crippen molar-refractivity contribution in [3.05, 3.63) is 77.9 Å². The van der Waals surface area contributed by atoms with Gasteiger partial charge in [-0.3, -0.25) is 4.68 Å². The van der Waals surface area contributed by atoms with Crippen LogP contribution in [0.15, 0.2) is 65.7 Å². The van der Waals surface area contributed by atoms with E-state index < -0.39 is 15.4 Å². The fourth-order valence-electron chi connectivity index (χ4n) is 3.98. The number of benzene rings is 2. The molecule has 3 aromatic rings. The first-order chi connectivity index (χ1) is 15.2. The molecule has 1 fully saturated rings. The minimum atomic E-state index is -3.73. The van der Waals surface area contributed by atoms with Crippen molar-refractivity contribution in [1.29, 1.82) is 0 Å². The van der Waals surface area contributed by atoms with E-state index >= 15 is 0 Å². The summed E-state index contributed by atoms with van der Waals surface area (Å²) in [6.07, 6.45) is 1.64. The first kappa shape index (κ1) is 22.5. The van der Waals surface area contributed by atoms with E-state index in [1.807, 2.05) is 56.0 Å². The monoisotopic (exact) mass is 456 g/mol. The number of para-hydroxylation sites is 1. The van der Waals surface area contributed by atoms with Gasteiger partial charge in [0, 0.05) is 37.8 Å². The van der Waals surface area contributed by atoms with Gasteiger partial charge in [-0.2, -0.15) is 9.40 Å². The Morgan fingerprint density at radius 2 is 1.56 bits per heavy atom. The summed E-state index contributed by atoms with van der Waals surface area (Å²) in [4.78, 5) is 2.14. The Bertz CT molecular complexity index is 1180. The van der Waals surface area contributed by atoms with E-state index in [-0.39, 0.29) is 10.7 Å². The summed E-state index contributed by atoms with van der Waals surface area (Å²) in [6, 6.07) is 16.4. The lowest BCUT2D eigenvalue weighted by molar-refractivity contribution is 0.381. The van der Waals surface area contributed by atoms with Gasteiger partial charge in [0.05, 0.1) is 17.9 Å². The van der Waals surface area contributed by atoms with Crippen LogP contribution in [0.2, 0.25) is 0 Å². The normalized spacial score (nSPS) is 15.8. The molecule has 6 nitrogen and oxygen atoms in total. The Kier molecular flexibility index (Phi) is 6.09. The van der Waals surface area contributed by atoms with E-state index in [4.69, 9.17) is 0 Å². The largest absolute Gasteiger partial charge is 0.367 e. The van der Waals surface area contributed by atoms with Gasteiger partial charge in [-0.25, -0.2) is 12.8 Å². The zero-order valence-corrected chi connectivity index (χ0v) is 19.5. The summed E-state index contributed by atoms with van der Waals surface area (Å²) in [5.74, 6) is -0.291. The van der Waals surface area contributed by atoms with Crippen molar-refractivity contribution in [2.45, 2.75) is 37.6 Å². The van der Waals surface area contributed by atoms with E-state index in [2.05, 4.69) is 5.10 Å². The minimum Gasteiger partial charge on any atom is -0.367 e. The number of piperazine rings is 1. The molecular formula is C24H29FN4O2S. The standard InChI is InChI=1S/C24H29FN4O2S/c1-24(2,3)23-22(18-28(26-23)17-19-9-5-4-6-10-19)32(30,31)29-15-13-27(14-16-29)21-12-8-7-11-20(21)25/h4-12,18H,13-17H2,1-3H3. The van der Waals surface area contributed by atoms with E-state index in [1.54, 1.807) is 29.1 Å². The molecule has 8 heteroatoms. The van der Waals surface area contributed by atoms with Crippen LogP contribution >= 0.6 is 0 Å². The Labute approximate surface area is 189 Å². The first-order valence-corrected chi connectivity index (χ1v) is 12.2. The number of hydrogen-bond acceptors (Lipinski definition) is 4. The van der Waals surface area contributed by atoms with Gasteiger partial charge in [-0.1, -0.05) is 63.2 Å². The number of nitrogens with zero attached hydrogens (tertiary/aromatic N) is 4. The number of hydrogen-bond donors (Lipinski definition) is 0. The van der Waals surface area contributed by atoms with Crippen molar-refractivity contribution in [2.24, 2.45) is 0 Å². The van der Waals surface area contributed by atoms with Crippen LogP contribution in [0, 0.1) is 5.82 Å². The lowest BCUT2D eigenvalue weighted by atomic mass is 9.92. The molecule has 1 aliphatic rings. The maximum absolute atomic E-state index is 14.2. The predicted molar refractivity (Wildman–Crippen MR) is 124 cm³/mol. The van der Waals surface area contributed by atoms with Crippen molar-refractivity contribution in [1.82, 2.24) is 14.1 Å². The smallest absolute Gasteiger partial charge is 0.246 e. The third-order valence-corrected chi connectivity index (χ3v) is 7.58. The fourth-order valence-corrected chi connectivity index (χ4v) is 5.75. The molecule has 0 aliphatic carbocycles. The fraction of sp³-hybridized carbons (Fsp3) is 0.375. The molecule has 0 bridgehead atoms. The van der Waals surface area contributed by atoms with Crippen LogP contribution < -0.4 is 4.90 Å². The quantitative estimate of drug-likeness (QED) is 0.585. The Morgan fingerprint density at radius 3 is 2.19 bits per heavy atom. The highest BCUT2D eigenvalue weighted by Crippen LogP contribution is 2.31. The molecule has 1 saturated heterocycles. The highest BCUT2D eigenvalue weighted by atomic mass is 32.2. The molecule has 2 heterocycles. The second kappa shape index (κ2) is 8.67. The van der Waals surface area contributed by atoms with Crippen molar-refractivity contribution in [2.75, 3.05) is 31.1 Å². The molecule has 0 radical (unpaired) electrons. The van der Waals surface area contributed by atoms with Crippen LogP contribution in [0.4, 0.5) is 10.1 Å². The van der Waals surface area contributed by atoms with Crippen molar-refractivity contribution in [3.63, 3.8) is 0 Å². The van der Waals surface area contributed by atoms with E-state index in [9.17, 15) is 12.8 Å². The SMILES string of the molecule is CC(C)(C)c1nn(Cc2ccccc2)cc1S(=O)(=O)N1CCN(c2ccccc2F)CC1. The second-order valence-electron chi connectivity index (χ2n) is 9.12. The van der Waals surface area contributed by atoms with Crippen molar-refractivity contribution >= 4 is 15.7 Å². The van der Waals surface area contributed by atoms with Gasteiger partial charge in [0.1, 0.15) is 10.7 Å². The van der Waals surface area contributed by atoms with E-state index in [0.717, 1.165) is 5.56 Å². The lowest BCUT2D eigenvalue weighted by Gasteiger charge is -2.35. The number of rotatable bonds is 5. The summed E-state index contributed by atoms with van der Waals surface area (Å²) < 4.78 is 44.6. The van der Waals surface area contributed by atoms with Gasteiger partial charge >= 0.3 is 0 Å². The van der Waals surface area contributed by atoms with Gasteiger partial charge in [0.25, 0.3) is 0 Å². The molecule has 2 aromatic carbocycles. The van der Waals surface area contributed by atoms with Gasteiger partial charge < -0.3 is 4.90 Å². The Balaban J connectivity index is 1.58. The molecule has 0 unspecified atom stereocenters. The predicted octanol–water partition coefficient (Wildman–Crippen LogP) is 3.88. The molecule has 0 N–H and O–H groups in total. The van der Waals surface area contributed by atoms with Crippen LogP contribution in [-0.2, 0) is 22.0 Å². The molecule has 0 saturated carbocycles. The summed E-state index contributed by atoms with van der Waals surface area (Å²) in [5, 5.41) is 4.66. The van der Waals surface area contributed by atoms with Crippen LogP contribution in [0.3, 0.4) is 0 Å². The number of sulfonamides is 1. The summed E-state index contributed by atoms with van der Waals surface area (Å²) >= 11 is 0. The average molecular weight is 457 g/mol. The molecule has 1 aromatic heterocycles. The molecule has 32 heavy (non-hydrogen) atoms. The molecule has 0 spiro atoms. The van der Waals surface area contributed by atoms with Gasteiger partial charge in [0.2, 0.25) is 10.0 Å². The van der Waals surface area contributed by atoms with Gasteiger partial charge in [-0.05, 0) is 17.7 Å². The molecule has 1 aliphatic heterocycles. The molecule has 0 atom stereocenters. The highest BCUT2D eigenvalue weighted by Gasteiger charge is 2.35. The zero-order chi connectivity index (χ0) is 22.9. The van der Waals surface area contributed by atoms with Gasteiger partial charge in [0.15, 0.2) is 0 Å². The molecule has 0 amide bonds. The van der Waals surface area contributed by atoms with Crippen LogP contribution in [0.25, 0.3) is 0 Å². The Hall–Kier alpha value is -2.71. The number of anilines is 1. The minimum absolute atomic E-state index is 0.250. The summed E-state index contributed by atoms with van der Waals surface area (Å²) in [6.45, 7) is 7.87. The maximum atomic E-state index is 14.2. The third kappa shape index (κ3) is 4.56. The van der Waals surface area contributed by atoms with Crippen LogP contribution in [-0.4, -0.2) is 48.7 Å². The highest BCUT2D eigenvalue weighted by molar-refractivity contribution is 7.89. The second-order valence-corrected chi connectivity index (χ2v) is 11.0. The summed E-state index contributed by atoms with van der Waals surface area (Å²) in [7, 11) is -3.73. The summed E-state index contributed by atoms with van der Waals surface area (Å²) in [5.41, 5.74) is 1.69. The van der Waals surface area contributed by atoms with Crippen molar-refractivity contribution in [3.8, 4) is 0 Å². The van der Waals surface area contributed by atoms with E-state index in [0.29, 0.717) is 44.1 Å². The van der Waals surface area contributed by atoms with E-state index in [1.165, 1.54) is 10.4 Å². The average Bonchev–Trinajstić information content (AvgIpc) is 3.20. The van der Waals surface area contributed by atoms with Crippen LogP contribution in [0.1, 0.15) is 32.0 Å². The molecule has 170 valence electrons. The number of halogens is 1. The number of aromatic nitrogens is 2. The topological polar surface area (TPSA) is 58.4 Å². The van der Waals surface area contributed by atoms with Crippen LogP contribution in [0.5, 0.6) is 0 Å². The maximum Gasteiger partial charge on any atom is 0.246 e.